The maximum Gasteiger partial charge on any atom is 0.0372 e. The van der Waals surface area contributed by atoms with Gasteiger partial charge in [-0.15, -0.1) is 0 Å². The zero-order valence-corrected chi connectivity index (χ0v) is 12.8. The molecule has 0 atom stereocenters. The van der Waals surface area contributed by atoms with Crippen LogP contribution in [0.2, 0.25) is 0 Å². The Balaban J connectivity index is 2.03. The van der Waals surface area contributed by atoms with Gasteiger partial charge in [-0.05, 0) is 37.0 Å². The standard InChI is InChI=1S/C19H25N/c1-4-20-18-10-6-5-9-17(18)12-11-16-8-7-14-19(2,3)15-13-16/h5-10,13-15,20H,4,11-12H2,1-3H3. The number of para-hydroxylation sites is 1. The highest BCUT2D eigenvalue weighted by atomic mass is 14.9. The van der Waals surface area contributed by atoms with E-state index >= 15 is 0 Å². The van der Waals surface area contributed by atoms with Crippen molar-refractivity contribution in [3.8, 4) is 0 Å². The van der Waals surface area contributed by atoms with Crippen molar-refractivity contribution in [1.29, 1.82) is 0 Å². The molecule has 0 aliphatic heterocycles. The highest BCUT2D eigenvalue weighted by Crippen LogP contribution is 2.25. The molecule has 1 nitrogen and oxygen atoms in total. The summed E-state index contributed by atoms with van der Waals surface area (Å²) in [6.45, 7) is 7.57. The predicted molar refractivity (Wildman–Crippen MR) is 89.1 cm³/mol. The summed E-state index contributed by atoms with van der Waals surface area (Å²) < 4.78 is 0. The summed E-state index contributed by atoms with van der Waals surface area (Å²) in [5.74, 6) is 0. The smallest absolute Gasteiger partial charge is 0.0372 e. The normalized spacial score (nSPS) is 16.6. The Morgan fingerprint density at radius 2 is 1.85 bits per heavy atom. The van der Waals surface area contributed by atoms with Crippen LogP contribution in [0.3, 0.4) is 0 Å². The maximum atomic E-state index is 3.44. The summed E-state index contributed by atoms with van der Waals surface area (Å²) in [7, 11) is 0. The second-order valence-electron chi connectivity index (χ2n) is 5.94. The lowest BCUT2D eigenvalue weighted by Gasteiger charge is -2.13. The number of aryl methyl sites for hydroxylation is 1. The van der Waals surface area contributed by atoms with E-state index in [4.69, 9.17) is 0 Å². The summed E-state index contributed by atoms with van der Waals surface area (Å²) in [5.41, 5.74) is 4.23. The van der Waals surface area contributed by atoms with Crippen molar-refractivity contribution in [1.82, 2.24) is 0 Å². The number of hydrogen-bond acceptors (Lipinski definition) is 1. The van der Waals surface area contributed by atoms with Crippen LogP contribution in [0.5, 0.6) is 0 Å². The van der Waals surface area contributed by atoms with E-state index in [-0.39, 0.29) is 5.41 Å². The molecule has 0 spiro atoms. The summed E-state index contributed by atoms with van der Waals surface area (Å²) in [6.07, 6.45) is 13.4. The van der Waals surface area contributed by atoms with Crippen LogP contribution in [0.15, 0.2) is 60.2 Å². The minimum atomic E-state index is 0.167. The van der Waals surface area contributed by atoms with Gasteiger partial charge in [-0.1, -0.05) is 62.4 Å². The van der Waals surface area contributed by atoms with Gasteiger partial charge < -0.3 is 5.32 Å². The molecule has 0 radical (unpaired) electrons. The summed E-state index contributed by atoms with van der Waals surface area (Å²) >= 11 is 0. The van der Waals surface area contributed by atoms with Gasteiger partial charge in [0, 0.05) is 17.6 Å². The van der Waals surface area contributed by atoms with Crippen molar-refractivity contribution in [3.63, 3.8) is 0 Å². The van der Waals surface area contributed by atoms with Crippen molar-refractivity contribution in [2.75, 3.05) is 11.9 Å². The summed E-state index contributed by atoms with van der Waals surface area (Å²) in [5, 5.41) is 3.44. The second kappa shape index (κ2) is 6.60. The van der Waals surface area contributed by atoms with Crippen molar-refractivity contribution in [2.24, 2.45) is 5.41 Å². The van der Waals surface area contributed by atoms with Gasteiger partial charge in [0.1, 0.15) is 0 Å². The largest absolute Gasteiger partial charge is 0.385 e. The molecule has 1 aliphatic rings. The molecule has 0 saturated heterocycles. The Labute approximate surface area is 123 Å². The lowest BCUT2D eigenvalue weighted by Crippen LogP contribution is -2.01. The predicted octanol–water partition coefficient (Wildman–Crippen LogP) is 5.13. The fourth-order valence-electron chi connectivity index (χ4n) is 2.40. The van der Waals surface area contributed by atoms with Crippen molar-refractivity contribution in [2.45, 2.75) is 33.6 Å². The molecular formula is C19H25N. The molecule has 0 unspecified atom stereocenters. The Morgan fingerprint density at radius 3 is 2.65 bits per heavy atom. The number of anilines is 1. The molecule has 0 fully saturated rings. The Morgan fingerprint density at radius 1 is 1.05 bits per heavy atom. The molecule has 1 heteroatoms. The molecule has 20 heavy (non-hydrogen) atoms. The zero-order valence-electron chi connectivity index (χ0n) is 12.8. The Bertz CT molecular complexity index is 532. The van der Waals surface area contributed by atoms with Crippen LogP contribution in [-0.2, 0) is 6.42 Å². The Kier molecular flexibility index (Phi) is 4.84. The van der Waals surface area contributed by atoms with Gasteiger partial charge in [0.15, 0.2) is 0 Å². The van der Waals surface area contributed by atoms with Gasteiger partial charge in [-0.25, -0.2) is 0 Å². The number of benzene rings is 1. The van der Waals surface area contributed by atoms with Gasteiger partial charge in [-0.3, -0.25) is 0 Å². The molecular weight excluding hydrogens is 242 g/mol. The Hall–Kier alpha value is -1.76. The SMILES string of the molecule is CCNc1ccccc1CCC1=CC=CC(C)(C)C=C1. The third-order valence-corrected chi connectivity index (χ3v) is 3.63. The first-order valence-corrected chi connectivity index (χ1v) is 7.50. The van der Waals surface area contributed by atoms with Crippen molar-refractivity contribution >= 4 is 5.69 Å². The average molecular weight is 267 g/mol. The minimum absolute atomic E-state index is 0.167. The van der Waals surface area contributed by atoms with E-state index < -0.39 is 0 Å². The monoisotopic (exact) mass is 267 g/mol. The third-order valence-electron chi connectivity index (χ3n) is 3.63. The van der Waals surface area contributed by atoms with Crippen LogP contribution in [0.1, 0.15) is 32.8 Å². The molecule has 2 rings (SSSR count). The van der Waals surface area contributed by atoms with E-state index in [1.165, 1.54) is 16.8 Å². The molecule has 1 aromatic carbocycles. The maximum absolute atomic E-state index is 3.44. The van der Waals surface area contributed by atoms with E-state index in [1.54, 1.807) is 0 Å². The third kappa shape index (κ3) is 4.12. The molecule has 0 heterocycles. The van der Waals surface area contributed by atoms with Gasteiger partial charge in [-0.2, -0.15) is 0 Å². The summed E-state index contributed by atoms with van der Waals surface area (Å²) in [4.78, 5) is 0. The van der Waals surface area contributed by atoms with E-state index in [2.05, 4.69) is 80.7 Å². The molecule has 1 N–H and O–H groups in total. The van der Waals surface area contributed by atoms with Crippen molar-refractivity contribution in [3.05, 3.63) is 65.8 Å². The first-order valence-electron chi connectivity index (χ1n) is 7.50. The minimum Gasteiger partial charge on any atom is -0.385 e. The molecule has 0 aromatic heterocycles. The lowest BCUT2D eigenvalue weighted by atomic mass is 9.93. The quantitative estimate of drug-likeness (QED) is 0.780. The zero-order chi connectivity index (χ0) is 14.4. The van der Waals surface area contributed by atoms with Crippen LogP contribution >= 0.6 is 0 Å². The van der Waals surface area contributed by atoms with Crippen LogP contribution in [0.4, 0.5) is 5.69 Å². The highest BCUT2D eigenvalue weighted by molar-refractivity contribution is 5.51. The molecule has 106 valence electrons. The first-order chi connectivity index (χ1) is 9.61. The number of nitrogens with one attached hydrogen (secondary N) is 1. The molecule has 0 saturated carbocycles. The van der Waals surface area contributed by atoms with E-state index in [0.29, 0.717) is 0 Å². The number of hydrogen-bond donors (Lipinski definition) is 1. The van der Waals surface area contributed by atoms with E-state index in [9.17, 15) is 0 Å². The number of rotatable bonds is 5. The molecule has 1 aromatic rings. The number of allylic oxidation sites excluding steroid dienone is 6. The molecule has 1 aliphatic carbocycles. The molecule has 0 bridgehead atoms. The fourth-order valence-corrected chi connectivity index (χ4v) is 2.40. The van der Waals surface area contributed by atoms with Gasteiger partial charge in [0.05, 0.1) is 0 Å². The fraction of sp³-hybridized carbons (Fsp3) is 0.368. The van der Waals surface area contributed by atoms with E-state index in [0.717, 1.165) is 19.4 Å². The van der Waals surface area contributed by atoms with Gasteiger partial charge in [0.25, 0.3) is 0 Å². The van der Waals surface area contributed by atoms with Crippen LogP contribution in [0.25, 0.3) is 0 Å². The second-order valence-corrected chi connectivity index (χ2v) is 5.94. The molecule has 0 amide bonds. The lowest BCUT2D eigenvalue weighted by molar-refractivity contribution is 0.626. The van der Waals surface area contributed by atoms with Gasteiger partial charge >= 0.3 is 0 Å². The van der Waals surface area contributed by atoms with Crippen LogP contribution in [0, 0.1) is 5.41 Å². The van der Waals surface area contributed by atoms with Crippen molar-refractivity contribution < 1.29 is 0 Å². The first kappa shape index (κ1) is 14.6. The highest BCUT2D eigenvalue weighted by Gasteiger charge is 2.10. The topological polar surface area (TPSA) is 12.0 Å². The van der Waals surface area contributed by atoms with E-state index in [1.807, 2.05) is 0 Å². The van der Waals surface area contributed by atoms with Crippen LogP contribution < -0.4 is 5.32 Å². The summed E-state index contributed by atoms with van der Waals surface area (Å²) in [6, 6.07) is 8.60. The average Bonchev–Trinajstić information content (AvgIpc) is 2.59. The van der Waals surface area contributed by atoms with Crippen LogP contribution in [-0.4, -0.2) is 6.54 Å². The van der Waals surface area contributed by atoms with Gasteiger partial charge in [0.2, 0.25) is 0 Å².